The van der Waals surface area contributed by atoms with Crippen molar-refractivity contribution >= 4 is 23.6 Å². The molecule has 1 rings (SSSR count). The standard InChI is InChI=1S/C15H19NO7/c1-3-20-13(17)8-22-12-6-5-10(16)7-11(12)15(19)23-9-14(18)21-4-2/h5-7H,3-4,8-9,16H2,1-2H3. The molecule has 0 atom stereocenters. The third-order valence-corrected chi connectivity index (χ3v) is 2.50. The van der Waals surface area contributed by atoms with Crippen LogP contribution in [0.4, 0.5) is 5.69 Å². The van der Waals surface area contributed by atoms with Crippen molar-refractivity contribution in [3.63, 3.8) is 0 Å². The van der Waals surface area contributed by atoms with Gasteiger partial charge in [-0.1, -0.05) is 0 Å². The number of carbonyl (C=O) groups is 3. The molecule has 0 amide bonds. The van der Waals surface area contributed by atoms with Gasteiger partial charge in [-0.25, -0.2) is 14.4 Å². The van der Waals surface area contributed by atoms with Crippen LogP contribution in [0.5, 0.6) is 5.75 Å². The number of carbonyl (C=O) groups excluding carboxylic acids is 3. The summed E-state index contributed by atoms with van der Waals surface area (Å²) in [5.41, 5.74) is 5.93. The van der Waals surface area contributed by atoms with Gasteiger partial charge in [-0.15, -0.1) is 0 Å². The summed E-state index contributed by atoms with van der Waals surface area (Å²) in [6.45, 7) is 2.81. The lowest BCUT2D eigenvalue weighted by atomic mass is 10.2. The van der Waals surface area contributed by atoms with Crippen molar-refractivity contribution < 1.29 is 33.3 Å². The van der Waals surface area contributed by atoms with Crippen molar-refractivity contribution in [2.45, 2.75) is 13.8 Å². The zero-order valence-corrected chi connectivity index (χ0v) is 13.0. The molecule has 0 unspecified atom stereocenters. The molecule has 0 aliphatic heterocycles. The molecule has 0 aliphatic rings. The Morgan fingerprint density at radius 1 is 0.957 bits per heavy atom. The molecule has 0 aromatic heterocycles. The van der Waals surface area contributed by atoms with Gasteiger partial charge in [0.15, 0.2) is 13.2 Å². The van der Waals surface area contributed by atoms with Crippen LogP contribution < -0.4 is 10.5 Å². The van der Waals surface area contributed by atoms with Crippen molar-refractivity contribution in [1.29, 1.82) is 0 Å². The Labute approximate surface area is 133 Å². The molecule has 1 aromatic carbocycles. The van der Waals surface area contributed by atoms with Gasteiger partial charge in [-0.2, -0.15) is 0 Å². The lowest BCUT2D eigenvalue weighted by molar-refractivity contribution is -0.146. The van der Waals surface area contributed by atoms with E-state index in [1.165, 1.54) is 18.2 Å². The van der Waals surface area contributed by atoms with E-state index in [2.05, 4.69) is 4.74 Å². The summed E-state index contributed by atoms with van der Waals surface area (Å²) in [6, 6.07) is 4.26. The normalized spacial score (nSPS) is 9.83. The fraction of sp³-hybridized carbons (Fsp3) is 0.400. The first-order chi connectivity index (χ1) is 11.0. The van der Waals surface area contributed by atoms with Crippen LogP contribution >= 0.6 is 0 Å². The lowest BCUT2D eigenvalue weighted by Gasteiger charge is -2.11. The van der Waals surface area contributed by atoms with E-state index in [1.54, 1.807) is 13.8 Å². The number of esters is 3. The van der Waals surface area contributed by atoms with Crippen LogP contribution in [0.15, 0.2) is 18.2 Å². The van der Waals surface area contributed by atoms with E-state index < -0.39 is 24.5 Å². The van der Waals surface area contributed by atoms with Crippen molar-refractivity contribution in [3.8, 4) is 5.75 Å². The molecular weight excluding hydrogens is 306 g/mol. The van der Waals surface area contributed by atoms with Gasteiger partial charge in [-0.05, 0) is 32.0 Å². The molecule has 0 aliphatic carbocycles. The summed E-state index contributed by atoms with van der Waals surface area (Å²) in [5.74, 6) is -1.96. The highest BCUT2D eigenvalue weighted by Crippen LogP contribution is 2.22. The monoisotopic (exact) mass is 325 g/mol. The molecule has 8 nitrogen and oxygen atoms in total. The Morgan fingerprint density at radius 3 is 2.17 bits per heavy atom. The van der Waals surface area contributed by atoms with Gasteiger partial charge in [0.1, 0.15) is 11.3 Å². The molecule has 23 heavy (non-hydrogen) atoms. The lowest BCUT2D eigenvalue weighted by Crippen LogP contribution is -2.19. The second-order valence-corrected chi connectivity index (χ2v) is 4.23. The average molecular weight is 325 g/mol. The van der Waals surface area contributed by atoms with Gasteiger partial charge in [0.05, 0.1) is 13.2 Å². The van der Waals surface area contributed by atoms with Crippen molar-refractivity contribution in [3.05, 3.63) is 23.8 Å². The first-order valence-corrected chi connectivity index (χ1v) is 6.98. The molecule has 1 aromatic rings. The minimum atomic E-state index is -0.816. The molecule has 0 saturated heterocycles. The van der Waals surface area contributed by atoms with Crippen LogP contribution in [-0.2, 0) is 23.8 Å². The molecule has 2 N–H and O–H groups in total. The molecule has 0 fully saturated rings. The molecular formula is C15H19NO7. The van der Waals surface area contributed by atoms with Gasteiger partial charge in [-0.3, -0.25) is 0 Å². The van der Waals surface area contributed by atoms with Crippen molar-refractivity contribution in [2.24, 2.45) is 0 Å². The number of rotatable bonds is 8. The second kappa shape index (κ2) is 9.29. The Bertz CT molecular complexity index is 571. The van der Waals surface area contributed by atoms with Gasteiger partial charge in [0.25, 0.3) is 0 Å². The topological polar surface area (TPSA) is 114 Å². The maximum atomic E-state index is 12.0. The zero-order valence-electron chi connectivity index (χ0n) is 13.0. The fourth-order valence-electron chi connectivity index (χ4n) is 1.58. The van der Waals surface area contributed by atoms with Crippen molar-refractivity contribution in [1.82, 2.24) is 0 Å². The van der Waals surface area contributed by atoms with E-state index in [9.17, 15) is 14.4 Å². The molecule has 8 heteroatoms. The van der Waals surface area contributed by atoms with Gasteiger partial charge < -0.3 is 24.7 Å². The number of hydrogen-bond acceptors (Lipinski definition) is 8. The number of hydrogen-bond donors (Lipinski definition) is 1. The minimum Gasteiger partial charge on any atom is -0.481 e. The number of benzene rings is 1. The van der Waals surface area contributed by atoms with Crippen LogP contribution in [0.25, 0.3) is 0 Å². The molecule has 0 radical (unpaired) electrons. The first-order valence-electron chi connectivity index (χ1n) is 6.98. The van der Waals surface area contributed by atoms with E-state index >= 15 is 0 Å². The van der Waals surface area contributed by atoms with E-state index in [-0.39, 0.29) is 31.1 Å². The number of nitrogen functional groups attached to an aromatic ring is 1. The summed E-state index contributed by atoms with van der Waals surface area (Å²) in [6.07, 6.45) is 0. The van der Waals surface area contributed by atoms with Crippen LogP contribution in [0.1, 0.15) is 24.2 Å². The Morgan fingerprint density at radius 2 is 1.57 bits per heavy atom. The third kappa shape index (κ3) is 6.25. The van der Waals surface area contributed by atoms with Crippen molar-refractivity contribution in [2.75, 3.05) is 32.2 Å². The van der Waals surface area contributed by atoms with Gasteiger partial charge in [0, 0.05) is 5.69 Å². The maximum absolute atomic E-state index is 12.0. The predicted octanol–water partition coefficient (Wildman–Crippen LogP) is 0.931. The number of ether oxygens (including phenoxy) is 4. The third-order valence-electron chi connectivity index (χ3n) is 2.50. The largest absolute Gasteiger partial charge is 0.481 e. The van der Waals surface area contributed by atoms with Gasteiger partial charge in [0.2, 0.25) is 0 Å². The summed E-state index contributed by atoms with van der Waals surface area (Å²) < 4.78 is 19.4. The Hall–Kier alpha value is -2.77. The van der Waals surface area contributed by atoms with Crippen LogP contribution in [0.2, 0.25) is 0 Å². The van der Waals surface area contributed by atoms with Crippen LogP contribution in [0, 0.1) is 0 Å². The first kappa shape index (κ1) is 18.3. The summed E-state index contributed by atoms with van der Waals surface area (Å²) in [7, 11) is 0. The maximum Gasteiger partial charge on any atom is 0.344 e. The highest BCUT2D eigenvalue weighted by Gasteiger charge is 2.17. The number of nitrogens with two attached hydrogens (primary N) is 1. The zero-order chi connectivity index (χ0) is 17.2. The van der Waals surface area contributed by atoms with E-state index in [4.69, 9.17) is 19.9 Å². The van der Waals surface area contributed by atoms with Gasteiger partial charge >= 0.3 is 17.9 Å². The predicted molar refractivity (Wildman–Crippen MR) is 79.9 cm³/mol. The Kier molecular flexibility index (Phi) is 7.38. The van der Waals surface area contributed by atoms with E-state index in [0.29, 0.717) is 5.69 Å². The quantitative estimate of drug-likeness (QED) is 0.426. The summed E-state index contributed by atoms with van der Waals surface area (Å²) in [4.78, 5) is 34.5. The second-order valence-electron chi connectivity index (χ2n) is 4.23. The smallest absolute Gasteiger partial charge is 0.344 e. The Balaban J connectivity index is 2.75. The highest BCUT2D eigenvalue weighted by molar-refractivity contribution is 5.94. The summed E-state index contributed by atoms with van der Waals surface area (Å²) >= 11 is 0. The van der Waals surface area contributed by atoms with E-state index in [1.807, 2.05) is 0 Å². The minimum absolute atomic E-state index is 0.00130. The molecule has 0 bridgehead atoms. The molecule has 0 saturated carbocycles. The van der Waals surface area contributed by atoms with Crippen LogP contribution in [-0.4, -0.2) is 44.3 Å². The average Bonchev–Trinajstić information content (AvgIpc) is 2.52. The SMILES string of the molecule is CCOC(=O)COC(=O)c1cc(N)ccc1OCC(=O)OCC. The van der Waals surface area contributed by atoms with Crippen LogP contribution in [0.3, 0.4) is 0 Å². The molecule has 126 valence electrons. The molecule has 0 spiro atoms. The highest BCUT2D eigenvalue weighted by atomic mass is 16.6. The number of anilines is 1. The summed E-state index contributed by atoms with van der Waals surface area (Å²) in [5, 5.41) is 0. The fourth-order valence-corrected chi connectivity index (χ4v) is 1.58. The van der Waals surface area contributed by atoms with E-state index in [0.717, 1.165) is 0 Å². The molecule has 0 heterocycles.